The standard InChI is InChI=1S/C9H15N3O2/c1-6-4-7(2)12(11-6)5-9(3,10)8(13)14/h4H,5,10H2,1-3H3,(H,13,14). The third kappa shape index (κ3) is 2.11. The lowest BCUT2D eigenvalue weighted by Gasteiger charge is -2.19. The van der Waals surface area contributed by atoms with E-state index in [1.54, 1.807) is 4.68 Å². The summed E-state index contributed by atoms with van der Waals surface area (Å²) in [5.41, 5.74) is 6.12. The van der Waals surface area contributed by atoms with Gasteiger partial charge in [-0.25, -0.2) is 0 Å². The van der Waals surface area contributed by atoms with Crippen LogP contribution in [0.5, 0.6) is 0 Å². The van der Waals surface area contributed by atoms with Gasteiger partial charge in [-0.1, -0.05) is 0 Å². The van der Waals surface area contributed by atoms with Gasteiger partial charge in [0.15, 0.2) is 0 Å². The summed E-state index contributed by atoms with van der Waals surface area (Å²) in [5, 5.41) is 13.0. The van der Waals surface area contributed by atoms with E-state index in [1.807, 2.05) is 19.9 Å². The fourth-order valence-electron chi connectivity index (χ4n) is 1.21. The molecule has 0 aliphatic carbocycles. The minimum Gasteiger partial charge on any atom is -0.480 e. The highest BCUT2D eigenvalue weighted by Gasteiger charge is 2.29. The van der Waals surface area contributed by atoms with E-state index in [1.165, 1.54) is 6.92 Å². The fraction of sp³-hybridized carbons (Fsp3) is 0.556. The van der Waals surface area contributed by atoms with Crippen LogP contribution in [0.25, 0.3) is 0 Å². The van der Waals surface area contributed by atoms with E-state index in [9.17, 15) is 4.79 Å². The Morgan fingerprint density at radius 2 is 2.29 bits per heavy atom. The SMILES string of the molecule is Cc1cc(C)n(CC(C)(N)C(=O)O)n1. The second-order valence-corrected chi connectivity index (χ2v) is 3.81. The molecule has 5 nitrogen and oxygen atoms in total. The molecule has 0 aliphatic heterocycles. The van der Waals surface area contributed by atoms with Crippen molar-refractivity contribution >= 4 is 5.97 Å². The molecule has 78 valence electrons. The maximum absolute atomic E-state index is 10.8. The predicted octanol–water partition coefficient (Wildman–Crippen LogP) is 0.302. The molecule has 0 amide bonds. The van der Waals surface area contributed by atoms with Crippen LogP contribution in [0.15, 0.2) is 6.07 Å². The van der Waals surface area contributed by atoms with Crippen molar-refractivity contribution in [3.05, 3.63) is 17.5 Å². The zero-order chi connectivity index (χ0) is 10.9. The summed E-state index contributed by atoms with van der Waals surface area (Å²) in [6, 6.07) is 1.89. The molecule has 0 aromatic carbocycles. The second-order valence-electron chi connectivity index (χ2n) is 3.81. The highest BCUT2D eigenvalue weighted by atomic mass is 16.4. The molecule has 0 fully saturated rings. The van der Waals surface area contributed by atoms with Crippen molar-refractivity contribution in [2.24, 2.45) is 5.73 Å². The second kappa shape index (κ2) is 3.42. The van der Waals surface area contributed by atoms with Crippen molar-refractivity contribution in [1.29, 1.82) is 0 Å². The molecule has 0 radical (unpaired) electrons. The Morgan fingerprint density at radius 1 is 1.71 bits per heavy atom. The third-order valence-electron chi connectivity index (χ3n) is 2.07. The number of aryl methyl sites for hydroxylation is 2. The van der Waals surface area contributed by atoms with E-state index in [0.717, 1.165) is 11.4 Å². The summed E-state index contributed by atoms with van der Waals surface area (Å²) in [5.74, 6) is -1.02. The van der Waals surface area contributed by atoms with Crippen LogP contribution in [0.1, 0.15) is 18.3 Å². The monoisotopic (exact) mass is 197 g/mol. The number of nitrogens with zero attached hydrogens (tertiary/aromatic N) is 2. The van der Waals surface area contributed by atoms with Gasteiger partial charge in [-0.15, -0.1) is 0 Å². The first-order chi connectivity index (χ1) is 6.33. The Bertz CT molecular complexity index is 355. The Morgan fingerprint density at radius 3 is 2.64 bits per heavy atom. The molecule has 0 spiro atoms. The van der Waals surface area contributed by atoms with E-state index >= 15 is 0 Å². The Kier molecular flexibility index (Phi) is 2.62. The summed E-state index contributed by atoms with van der Waals surface area (Å²) in [4.78, 5) is 10.8. The van der Waals surface area contributed by atoms with E-state index in [0.29, 0.717) is 0 Å². The summed E-state index contributed by atoms with van der Waals surface area (Å²) >= 11 is 0. The molecule has 1 atom stereocenters. The number of rotatable bonds is 3. The van der Waals surface area contributed by atoms with Gasteiger partial charge in [0, 0.05) is 5.69 Å². The smallest absolute Gasteiger partial charge is 0.325 e. The highest BCUT2D eigenvalue weighted by molar-refractivity contribution is 5.77. The number of carbonyl (C=O) groups is 1. The topological polar surface area (TPSA) is 81.1 Å². The van der Waals surface area contributed by atoms with E-state index in [-0.39, 0.29) is 6.54 Å². The minimum absolute atomic E-state index is 0.183. The van der Waals surface area contributed by atoms with Gasteiger partial charge < -0.3 is 10.8 Å². The van der Waals surface area contributed by atoms with Crippen LogP contribution < -0.4 is 5.73 Å². The zero-order valence-electron chi connectivity index (χ0n) is 8.61. The third-order valence-corrected chi connectivity index (χ3v) is 2.07. The summed E-state index contributed by atoms with van der Waals surface area (Å²) < 4.78 is 1.61. The van der Waals surface area contributed by atoms with Crippen LogP contribution in [0, 0.1) is 13.8 Å². The molecule has 1 unspecified atom stereocenters. The molecule has 0 saturated heterocycles. The van der Waals surface area contributed by atoms with Crippen molar-refractivity contribution in [3.63, 3.8) is 0 Å². The van der Waals surface area contributed by atoms with Gasteiger partial charge >= 0.3 is 5.97 Å². The van der Waals surface area contributed by atoms with Crippen molar-refractivity contribution in [2.45, 2.75) is 32.9 Å². The normalized spacial score (nSPS) is 15.1. The fourth-order valence-corrected chi connectivity index (χ4v) is 1.21. The number of carboxylic acids is 1. The lowest BCUT2D eigenvalue weighted by atomic mass is 10.1. The van der Waals surface area contributed by atoms with Crippen molar-refractivity contribution in [3.8, 4) is 0 Å². The molecule has 0 aliphatic rings. The summed E-state index contributed by atoms with van der Waals surface area (Å²) in [7, 11) is 0. The molecule has 1 aromatic heterocycles. The first kappa shape index (κ1) is 10.7. The highest BCUT2D eigenvalue weighted by Crippen LogP contribution is 2.08. The van der Waals surface area contributed by atoms with Crippen LogP contribution in [0.3, 0.4) is 0 Å². The van der Waals surface area contributed by atoms with Crippen molar-refractivity contribution in [2.75, 3.05) is 0 Å². The van der Waals surface area contributed by atoms with Gasteiger partial charge in [-0.2, -0.15) is 5.10 Å². The molecule has 1 aromatic rings. The Hall–Kier alpha value is -1.36. The lowest BCUT2D eigenvalue weighted by Crippen LogP contribution is -2.48. The molecule has 3 N–H and O–H groups in total. The first-order valence-corrected chi connectivity index (χ1v) is 4.36. The molecule has 5 heteroatoms. The first-order valence-electron chi connectivity index (χ1n) is 4.36. The van der Waals surface area contributed by atoms with Crippen LogP contribution in [-0.2, 0) is 11.3 Å². The van der Waals surface area contributed by atoms with Crippen LogP contribution in [-0.4, -0.2) is 26.4 Å². The largest absolute Gasteiger partial charge is 0.480 e. The van der Waals surface area contributed by atoms with Crippen molar-refractivity contribution < 1.29 is 9.90 Å². The molecule has 0 saturated carbocycles. The number of carboxylic acid groups (broad SMARTS) is 1. The maximum atomic E-state index is 10.8. The van der Waals surface area contributed by atoms with Gasteiger partial charge in [-0.05, 0) is 26.8 Å². The van der Waals surface area contributed by atoms with Gasteiger partial charge in [-0.3, -0.25) is 9.48 Å². The number of nitrogens with two attached hydrogens (primary N) is 1. The zero-order valence-corrected chi connectivity index (χ0v) is 8.61. The van der Waals surface area contributed by atoms with E-state index < -0.39 is 11.5 Å². The van der Waals surface area contributed by atoms with Gasteiger partial charge in [0.1, 0.15) is 5.54 Å². The van der Waals surface area contributed by atoms with E-state index in [2.05, 4.69) is 5.10 Å². The van der Waals surface area contributed by atoms with Crippen LogP contribution >= 0.6 is 0 Å². The van der Waals surface area contributed by atoms with E-state index in [4.69, 9.17) is 10.8 Å². The maximum Gasteiger partial charge on any atom is 0.325 e. The predicted molar refractivity (Wildman–Crippen MR) is 51.9 cm³/mol. The molecule has 0 bridgehead atoms. The number of aliphatic carboxylic acids is 1. The molecular weight excluding hydrogens is 182 g/mol. The summed E-state index contributed by atoms with van der Waals surface area (Å²) in [6.07, 6.45) is 0. The summed E-state index contributed by atoms with van der Waals surface area (Å²) in [6.45, 7) is 5.39. The molecule has 1 heterocycles. The average Bonchev–Trinajstić information content (AvgIpc) is 2.29. The number of hydrogen-bond acceptors (Lipinski definition) is 3. The number of hydrogen-bond donors (Lipinski definition) is 2. The Labute approximate surface area is 82.5 Å². The van der Waals surface area contributed by atoms with Crippen molar-refractivity contribution in [1.82, 2.24) is 9.78 Å². The molecule has 1 rings (SSSR count). The van der Waals surface area contributed by atoms with Gasteiger partial charge in [0.2, 0.25) is 0 Å². The van der Waals surface area contributed by atoms with Crippen LogP contribution in [0.2, 0.25) is 0 Å². The lowest BCUT2D eigenvalue weighted by molar-refractivity contribution is -0.143. The minimum atomic E-state index is -1.27. The Balaban J connectivity index is 2.88. The van der Waals surface area contributed by atoms with Gasteiger partial charge in [0.25, 0.3) is 0 Å². The van der Waals surface area contributed by atoms with Crippen LogP contribution in [0.4, 0.5) is 0 Å². The van der Waals surface area contributed by atoms with Gasteiger partial charge in [0.05, 0.1) is 12.2 Å². The average molecular weight is 197 g/mol. The molecule has 14 heavy (non-hydrogen) atoms. The molecular formula is C9H15N3O2. The quantitative estimate of drug-likeness (QED) is 0.730. The number of aromatic nitrogens is 2.